The molecular weight excluding hydrogens is 445 g/mol. The number of nitrogens with zero attached hydrogens (tertiary/aromatic N) is 1. The number of likely N-dealkylation sites (tertiary alicyclic amines) is 1. The van der Waals surface area contributed by atoms with Crippen molar-refractivity contribution in [2.75, 3.05) is 26.8 Å². The van der Waals surface area contributed by atoms with E-state index in [4.69, 9.17) is 9.53 Å². The van der Waals surface area contributed by atoms with Crippen molar-refractivity contribution in [3.05, 3.63) is 40.7 Å². The van der Waals surface area contributed by atoms with E-state index < -0.39 is 5.82 Å². The second-order valence-electron chi connectivity index (χ2n) is 10.7. The van der Waals surface area contributed by atoms with Crippen LogP contribution in [0.25, 0.3) is 0 Å². The van der Waals surface area contributed by atoms with Crippen molar-refractivity contribution in [1.29, 1.82) is 0 Å². The fraction of sp³-hybridized carbons (Fsp3) is 0.655. The van der Waals surface area contributed by atoms with Gasteiger partial charge in [0, 0.05) is 24.6 Å². The molecule has 5 rings (SSSR count). The van der Waals surface area contributed by atoms with Crippen molar-refractivity contribution in [3.63, 3.8) is 0 Å². The summed E-state index contributed by atoms with van der Waals surface area (Å²) in [6.07, 6.45) is 10.2. The number of halogens is 1. The zero-order chi connectivity index (χ0) is 25.6. The monoisotopic (exact) mass is 487 g/mol. The van der Waals surface area contributed by atoms with E-state index in [2.05, 4.69) is 24.7 Å². The van der Waals surface area contributed by atoms with Crippen molar-refractivity contribution >= 4 is 12.4 Å². The van der Waals surface area contributed by atoms with Crippen molar-refractivity contribution < 1.29 is 23.5 Å². The van der Waals surface area contributed by atoms with Crippen molar-refractivity contribution in [2.45, 2.75) is 78.6 Å². The molecule has 0 aromatic heterocycles. The highest BCUT2D eigenvalue weighted by Crippen LogP contribution is 2.51. The van der Waals surface area contributed by atoms with Gasteiger partial charge in [-0.3, -0.25) is 9.59 Å². The summed E-state index contributed by atoms with van der Waals surface area (Å²) in [5.74, 6) is 1.67. The Balaban J connectivity index is 0.000000521. The molecule has 2 bridgehead atoms. The third kappa shape index (κ3) is 6.65. The van der Waals surface area contributed by atoms with Gasteiger partial charge in [0.15, 0.2) is 0 Å². The molecule has 1 saturated heterocycles. The van der Waals surface area contributed by atoms with Crippen LogP contribution in [0.2, 0.25) is 0 Å². The molecule has 0 radical (unpaired) electrons. The number of rotatable bonds is 6. The van der Waals surface area contributed by atoms with Crippen LogP contribution in [0, 0.1) is 23.1 Å². The van der Waals surface area contributed by atoms with Crippen molar-refractivity contribution in [3.8, 4) is 5.75 Å². The van der Waals surface area contributed by atoms with Crippen LogP contribution in [0.3, 0.4) is 0 Å². The van der Waals surface area contributed by atoms with Gasteiger partial charge < -0.3 is 14.4 Å². The van der Waals surface area contributed by atoms with Crippen LogP contribution in [-0.2, 0) is 9.53 Å². The lowest BCUT2D eigenvalue weighted by molar-refractivity contribution is -0.126. The normalized spacial score (nSPS) is 26.6. The number of hydrogen-bond acceptors (Lipinski definition) is 4. The Bertz CT molecular complexity index is 926. The highest BCUT2D eigenvalue weighted by atomic mass is 19.1. The molecule has 3 atom stereocenters. The highest BCUT2D eigenvalue weighted by Gasteiger charge is 2.41. The van der Waals surface area contributed by atoms with Gasteiger partial charge in [0.1, 0.15) is 11.6 Å². The summed E-state index contributed by atoms with van der Waals surface area (Å²) in [6, 6.07) is 3.29. The Morgan fingerprint density at radius 2 is 1.91 bits per heavy atom. The molecule has 3 aliphatic carbocycles. The second-order valence-corrected chi connectivity index (χ2v) is 10.7. The first kappa shape index (κ1) is 27.2. The molecule has 5 nitrogen and oxygen atoms in total. The summed E-state index contributed by atoms with van der Waals surface area (Å²) in [7, 11) is 1.31. The lowest BCUT2D eigenvalue weighted by Gasteiger charge is -2.36. The molecule has 2 saturated carbocycles. The molecule has 1 aromatic rings. The lowest BCUT2D eigenvalue weighted by Crippen LogP contribution is -2.31. The third-order valence-electron chi connectivity index (χ3n) is 7.51. The number of carbonyl (C=O) groups excluding carboxylic acids is 2. The van der Waals surface area contributed by atoms with Gasteiger partial charge in [-0.05, 0) is 74.3 Å². The molecule has 2 unspecified atom stereocenters. The molecule has 1 aromatic carbocycles. The molecule has 3 fully saturated rings. The molecule has 0 N–H and O–H groups in total. The summed E-state index contributed by atoms with van der Waals surface area (Å²) in [6.45, 7) is 10.9. The molecule has 4 aliphatic rings. The van der Waals surface area contributed by atoms with E-state index in [1.54, 1.807) is 16.5 Å². The zero-order valence-electron chi connectivity index (χ0n) is 22.1. The van der Waals surface area contributed by atoms with Gasteiger partial charge in [-0.2, -0.15) is 0 Å². The van der Waals surface area contributed by atoms with Crippen molar-refractivity contribution in [1.82, 2.24) is 4.90 Å². The molecule has 1 aliphatic heterocycles. The molecule has 0 spiro atoms. The number of benzene rings is 1. The number of ether oxygens (including phenoxy) is 2. The number of hydrogen-bond donors (Lipinski definition) is 0. The summed E-state index contributed by atoms with van der Waals surface area (Å²) < 4.78 is 25.2. The van der Waals surface area contributed by atoms with Gasteiger partial charge in [-0.15, -0.1) is 0 Å². The highest BCUT2D eigenvalue weighted by molar-refractivity contribution is 5.95. The van der Waals surface area contributed by atoms with Gasteiger partial charge >= 0.3 is 0 Å². The first-order chi connectivity index (χ1) is 16.8. The van der Waals surface area contributed by atoms with E-state index in [1.165, 1.54) is 26.0 Å². The Hall–Kier alpha value is -2.37. The van der Waals surface area contributed by atoms with Gasteiger partial charge in [0.05, 0.1) is 19.3 Å². The van der Waals surface area contributed by atoms with Gasteiger partial charge in [-0.1, -0.05) is 39.3 Å². The maximum atomic E-state index is 15.0. The lowest BCUT2D eigenvalue weighted by atomic mass is 9.72. The topological polar surface area (TPSA) is 55.8 Å². The minimum absolute atomic E-state index is 0.162. The standard InChI is InChI=1S/C25H32FNO2.C2H4O2.C2H6/c1-16-6-8-27(14-16)24(28)21-10-20(19-3-4-19)23(11-22(21)26)29-15-25-7-5-18(13-25)9-17(2)12-25;1-4-2-3;1-2/h5,10-11,16-17,19H,3-4,6-9,12-15H2,1-2H3;2H,1H3;1-2H3/t16-,17?,25?;;/m1../s1. The summed E-state index contributed by atoms with van der Waals surface area (Å²) >= 11 is 0. The summed E-state index contributed by atoms with van der Waals surface area (Å²) in [5.41, 5.74) is 3.02. The Morgan fingerprint density at radius 1 is 1.20 bits per heavy atom. The predicted molar refractivity (Wildman–Crippen MR) is 136 cm³/mol. The van der Waals surface area contributed by atoms with Crippen LogP contribution in [0.1, 0.15) is 94.5 Å². The average molecular weight is 488 g/mol. The molecular formula is C29H42FNO4. The van der Waals surface area contributed by atoms with E-state index in [-0.39, 0.29) is 16.9 Å². The van der Waals surface area contributed by atoms with Crippen LogP contribution in [0.15, 0.2) is 23.8 Å². The zero-order valence-corrected chi connectivity index (χ0v) is 22.1. The molecule has 35 heavy (non-hydrogen) atoms. The number of fused-ring (bicyclic) bond motifs is 2. The quantitative estimate of drug-likeness (QED) is 0.339. The van der Waals surface area contributed by atoms with E-state index in [0.29, 0.717) is 36.6 Å². The molecule has 194 valence electrons. The fourth-order valence-corrected chi connectivity index (χ4v) is 5.82. The van der Waals surface area contributed by atoms with Crippen molar-refractivity contribution in [2.24, 2.45) is 17.3 Å². The Morgan fingerprint density at radius 3 is 2.51 bits per heavy atom. The maximum absolute atomic E-state index is 15.0. The summed E-state index contributed by atoms with van der Waals surface area (Å²) in [5, 5.41) is 0. The second kappa shape index (κ2) is 12.0. The van der Waals surface area contributed by atoms with E-state index in [9.17, 15) is 9.18 Å². The smallest absolute Gasteiger partial charge is 0.292 e. The number of methoxy groups -OCH3 is 1. The van der Waals surface area contributed by atoms with Crippen LogP contribution < -0.4 is 4.74 Å². The molecule has 6 heteroatoms. The molecule has 1 amide bonds. The SMILES string of the molecule is CC.CC1CC2=CCC(COc3cc(F)c(C(=O)N4CC[C@@H](C)C4)cc3C3CC3)(C2)C1.COC=O. The maximum Gasteiger partial charge on any atom is 0.292 e. The number of allylic oxidation sites excluding steroid dienone is 2. The van der Waals surface area contributed by atoms with E-state index in [0.717, 1.165) is 50.8 Å². The Labute approximate surface area is 210 Å². The average Bonchev–Trinajstić information content (AvgIpc) is 3.54. The van der Waals surface area contributed by atoms with Crippen LogP contribution >= 0.6 is 0 Å². The predicted octanol–water partition coefficient (Wildman–Crippen LogP) is 6.52. The number of carbonyl (C=O) groups is 2. The van der Waals surface area contributed by atoms with Gasteiger partial charge in [0.2, 0.25) is 0 Å². The van der Waals surface area contributed by atoms with E-state index in [1.807, 2.05) is 13.8 Å². The number of amides is 1. The first-order valence-electron chi connectivity index (χ1n) is 13.2. The van der Waals surface area contributed by atoms with Crippen LogP contribution in [0.4, 0.5) is 4.39 Å². The largest absolute Gasteiger partial charge is 0.493 e. The van der Waals surface area contributed by atoms with E-state index >= 15 is 0 Å². The third-order valence-corrected chi connectivity index (χ3v) is 7.51. The molecule has 1 heterocycles. The first-order valence-corrected chi connectivity index (χ1v) is 13.2. The van der Waals surface area contributed by atoms with Crippen LogP contribution in [-0.4, -0.2) is 44.1 Å². The Kier molecular flexibility index (Phi) is 9.37. The van der Waals surface area contributed by atoms with Gasteiger partial charge in [0.25, 0.3) is 12.4 Å². The van der Waals surface area contributed by atoms with Gasteiger partial charge in [-0.25, -0.2) is 4.39 Å². The minimum atomic E-state index is -0.436. The fourth-order valence-electron chi connectivity index (χ4n) is 5.82. The summed E-state index contributed by atoms with van der Waals surface area (Å²) in [4.78, 5) is 23.7. The minimum Gasteiger partial charge on any atom is -0.493 e. The van der Waals surface area contributed by atoms with Crippen LogP contribution in [0.5, 0.6) is 5.75 Å².